The summed E-state index contributed by atoms with van der Waals surface area (Å²) in [5.41, 5.74) is 2.84. The quantitative estimate of drug-likeness (QED) is 0.434. The predicted octanol–water partition coefficient (Wildman–Crippen LogP) is 1.30. The minimum Gasteiger partial charge on any atom is -0.871 e. The van der Waals surface area contributed by atoms with E-state index < -0.39 is 11.3 Å². The number of H-pyrrole nitrogens is 1. The molecule has 0 atom stereocenters. The zero-order valence-electron chi connectivity index (χ0n) is 17.9. The van der Waals surface area contributed by atoms with E-state index >= 15 is 0 Å². The molecule has 158 valence electrons. The number of hydrogen-bond acceptors (Lipinski definition) is 5. The molecule has 4 aromatic rings. The van der Waals surface area contributed by atoms with Gasteiger partial charge in [-0.15, -0.1) is 0 Å². The molecule has 8 heteroatoms. The molecule has 0 unspecified atom stereocenters. The van der Waals surface area contributed by atoms with E-state index in [2.05, 4.69) is 10.1 Å². The van der Waals surface area contributed by atoms with E-state index in [0.717, 1.165) is 30.4 Å². The van der Waals surface area contributed by atoms with Crippen LogP contribution in [-0.2, 0) is 5.41 Å². The van der Waals surface area contributed by atoms with E-state index in [-0.39, 0.29) is 74.7 Å². The van der Waals surface area contributed by atoms with Gasteiger partial charge in [0.05, 0.1) is 22.9 Å². The van der Waals surface area contributed by atoms with Gasteiger partial charge in [0, 0.05) is 22.6 Å². The largest absolute Gasteiger partial charge is 1.00 e. The van der Waals surface area contributed by atoms with Crippen molar-refractivity contribution in [3.8, 4) is 28.2 Å². The van der Waals surface area contributed by atoms with Crippen molar-refractivity contribution < 1.29 is 66.1 Å². The number of aromatic nitrogens is 2. The van der Waals surface area contributed by atoms with Crippen molar-refractivity contribution in [2.45, 2.75) is 31.6 Å². The summed E-state index contributed by atoms with van der Waals surface area (Å²) in [6, 6.07) is 12.8. The first-order chi connectivity index (χ1) is 14.9. The number of aryl methyl sites for hydroxylation is 1. The zero-order chi connectivity index (χ0) is 21.8. The van der Waals surface area contributed by atoms with Crippen LogP contribution in [0.1, 0.15) is 30.5 Å². The molecule has 5 rings (SSSR count). The number of aromatic amines is 1. The van der Waals surface area contributed by atoms with E-state index in [1.165, 1.54) is 0 Å². The third-order valence-electron chi connectivity index (χ3n) is 6.35. The summed E-state index contributed by atoms with van der Waals surface area (Å²) in [5.74, 6) is -0.292. The molecule has 1 saturated carbocycles. The van der Waals surface area contributed by atoms with E-state index in [9.17, 15) is 15.0 Å². The average molecular weight is 475 g/mol. The summed E-state index contributed by atoms with van der Waals surface area (Å²) in [5, 5.41) is 27.5. The molecule has 0 radical (unpaired) electrons. The number of pyridine rings is 1. The second kappa shape index (κ2) is 9.06. The summed E-state index contributed by atoms with van der Waals surface area (Å²) in [7, 11) is 0. The van der Waals surface area contributed by atoms with Crippen LogP contribution in [0.4, 0.5) is 0 Å². The number of hydrogen-bond donors (Lipinski definition) is 2. The first kappa shape index (κ1) is 23.7. The van der Waals surface area contributed by atoms with Gasteiger partial charge < -0.3 is 19.7 Å². The molecule has 2 heterocycles. The van der Waals surface area contributed by atoms with Crippen LogP contribution in [-0.4, -0.2) is 21.9 Å². The molecule has 2 aromatic heterocycles. The molecular weight excluding hydrogens is 455 g/mol. The van der Waals surface area contributed by atoms with Crippen LogP contribution in [0.3, 0.4) is 0 Å². The zero-order valence-corrected chi connectivity index (χ0v) is 21.7. The topological polar surface area (TPSA) is 102 Å². The number of rotatable bonds is 4. The average Bonchev–Trinajstić information content (AvgIpc) is 3.13. The standard InChI is InChI=1S/C24H21ClN2O4.K/c1-13-9-20(31-27-13)21-22(29)17-10-16(18(25)11-19(17)26-23(21)30)14-3-5-15(6-4-14)24(12-28)7-2-8-24;/h3-6,9-11,28H,2,7-8,12H2,1H3,(H2,26,29,30);/q;+1/p-1. The normalized spacial score (nSPS) is 14.7. The predicted molar refractivity (Wildman–Crippen MR) is 117 cm³/mol. The summed E-state index contributed by atoms with van der Waals surface area (Å²) >= 11 is 6.51. The fourth-order valence-electron chi connectivity index (χ4n) is 4.36. The van der Waals surface area contributed by atoms with Crippen LogP contribution in [0, 0.1) is 6.92 Å². The van der Waals surface area contributed by atoms with E-state index in [1.807, 2.05) is 24.3 Å². The molecule has 2 N–H and O–H groups in total. The SMILES string of the molecule is Cc1cc(-c2c([O-])c3cc(-c4ccc(C5(CO)CCC5)cc4)c(Cl)cc3[nH]c2=O)on1.[K+]. The molecule has 0 amide bonds. The summed E-state index contributed by atoms with van der Waals surface area (Å²) in [4.78, 5) is 15.2. The second-order valence-corrected chi connectivity index (χ2v) is 8.64. The Morgan fingerprint density at radius 2 is 1.94 bits per heavy atom. The molecule has 6 nitrogen and oxygen atoms in total. The van der Waals surface area contributed by atoms with Gasteiger partial charge in [0.15, 0.2) is 5.76 Å². The van der Waals surface area contributed by atoms with Crippen LogP contribution in [0.15, 0.2) is 51.8 Å². The molecule has 0 spiro atoms. The first-order valence-electron chi connectivity index (χ1n) is 10.1. The summed E-state index contributed by atoms with van der Waals surface area (Å²) in [6.07, 6.45) is 3.09. The smallest absolute Gasteiger partial charge is 0.871 e. The Hall–Kier alpha value is -1.45. The Labute approximate surface area is 232 Å². The summed E-state index contributed by atoms with van der Waals surface area (Å²) in [6.45, 7) is 1.86. The van der Waals surface area contributed by atoms with Crippen LogP contribution < -0.4 is 62.1 Å². The van der Waals surface area contributed by atoms with Gasteiger partial charge in [-0.25, -0.2) is 0 Å². The van der Waals surface area contributed by atoms with Crippen molar-refractivity contribution in [1.82, 2.24) is 10.1 Å². The van der Waals surface area contributed by atoms with Crippen LogP contribution in [0.5, 0.6) is 5.75 Å². The molecule has 0 bridgehead atoms. The number of nitrogens with one attached hydrogen (secondary N) is 1. The van der Waals surface area contributed by atoms with E-state index in [0.29, 0.717) is 27.2 Å². The van der Waals surface area contributed by atoms with Crippen molar-refractivity contribution in [3.63, 3.8) is 0 Å². The Bertz CT molecular complexity index is 1350. The third kappa shape index (κ3) is 3.90. The van der Waals surface area contributed by atoms with Gasteiger partial charge in [-0.3, -0.25) is 4.79 Å². The van der Waals surface area contributed by atoms with Crippen molar-refractivity contribution in [3.05, 3.63) is 69.1 Å². The minimum atomic E-state index is -0.545. The van der Waals surface area contributed by atoms with Gasteiger partial charge in [-0.2, -0.15) is 0 Å². The van der Waals surface area contributed by atoms with Crippen molar-refractivity contribution >= 4 is 22.5 Å². The van der Waals surface area contributed by atoms with Gasteiger partial charge in [0.1, 0.15) is 0 Å². The number of halogens is 1. The number of aliphatic hydroxyl groups excluding tert-OH is 1. The molecule has 32 heavy (non-hydrogen) atoms. The van der Waals surface area contributed by atoms with Crippen molar-refractivity contribution in [2.24, 2.45) is 0 Å². The fraction of sp³-hybridized carbons (Fsp3) is 0.250. The Morgan fingerprint density at radius 1 is 1.22 bits per heavy atom. The number of benzene rings is 2. The van der Waals surface area contributed by atoms with Crippen LogP contribution >= 0.6 is 11.6 Å². The van der Waals surface area contributed by atoms with Gasteiger partial charge in [-0.05, 0) is 48.4 Å². The monoisotopic (exact) mass is 474 g/mol. The maximum absolute atomic E-state index is 13.1. The Kier molecular flexibility index (Phi) is 6.71. The fourth-order valence-corrected chi connectivity index (χ4v) is 4.63. The van der Waals surface area contributed by atoms with Crippen LogP contribution in [0.25, 0.3) is 33.4 Å². The van der Waals surface area contributed by atoms with Crippen molar-refractivity contribution in [1.29, 1.82) is 0 Å². The number of nitrogens with zero attached hydrogens (tertiary/aromatic N) is 1. The van der Waals surface area contributed by atoms with Crippen LogP contribution in [0.2, 0.25) is 5.02 Å². The molecular formula is C24H20ClKN2O4. The van der Waals surface area contributed by atoms with Crippen molar-refractivity contribution in [2.75, 3.05) is 6.61 Å². The Balaban J connectivity index is 0.00000245. The number of fused-ring (bicyclic) bond motifs is 1. The molecule has 2 aromatic carbocycles. The molecule has 0 aliphatic heterocycles. The van der Waals surface area contributed by atoms with E-state index in [4.69, 9.17) is 16.1 Å². The maximum atomic E-state index is 13.1. The third-order valence-corrected chi connectivity index (χ3v) is 6.66. The van der Waals surface area contributed by atoms with Gasteiger partial charge >= 0.3 is 51.4 Å². The van der Waals surface area contributed by atoms with Gasteiger partial charge in [0.25, 0.3) is 5.56 Å². The van der Waals surface area contributed by atoms with Gasteiger partial charge in [0.2, 0.25) is 0 Å². The molecule has 0 saturated heterocycles. The molecule has 1 aliphatic carbocycles. The van der Waals surface area contributed by atoms with Gasteiger partial charge in [-0.1, -0.05) is 53.2 Å². The molecule has 1 fully saturated rings. The second-order valence-electron chi connectivity index (χ2n) is 8.24. The first-order valence-corrected chi connectivity index (χ1v) is 10.5. The number of aliphatic hydroxyl groups is 1. The molecule has 1 aliphatic rings. The minimum absolute atomic E-state index is 0. The Morgan fingerprint density at radius 3 is 2.50 bits per heavy atom. The maximum Gasteiger partial charge on any atom is 1.00 e. The van der Waals surface area contributed by atoms with E-state index in [1.54, 1.807) is 25.1 Å². The summed E-state index contributed by atoms with van der Waals surface area (Å²) < 4.78 is 5.15.